The second-order valence-corrected chi connectivity index (χ2v) is 11.1. The van der Waals surface area contributed by atoms with Gasteiger partial charge in [-0.2, -0.15) is 0 Å². The molecule has 0 aliphatic rings. The van der Waals surface area contributed by atoms with Gasteiger partial charge in [-0.05, 0) is 49.2 Å². The molecule has 2 amide bonds. The molecule has 0 aliphatic carbocycles. The Morgan fingerprint density at radius 3 is 2.35 bits per heavy atom. The Kier molecular flexibility index (Phi) is 11.1. The molecule has 0 unspecified atom stereocenters. The predicted octanol–water partition coefficient (Wildman–Crippen LogP) is 7.18. The molecule has 37 heavy (non-hydrogen) atoms. The minimum atomic E-state index is -0.790. The molecule has 0 aromatic heterocycles. The van der Waals surface area contributed by atoms with Crippen molar-refractivity contribution < 1.29 is 14.0 Å². The lowest BCUT2D eigenvalue weighted by atomic mass is 10.0. The van der Waals surface area contributed by atoms with Crippen LogP contribution in [0, 0.1) is 5.82 Å². The van der Waals surface area contributed by atoms with E-state index in [2.05, 4.69) is 5.32 Å². The van der Waals surface area contributed by atoms with Crippen molar-refractivity contribution in [2.24, 2.45) is 0 Å². The number of thioether (sulfide) groups is 1. The summed E-state index contributed by atoms with van der Waals surface area (Å²) < 4.78 is 14.2. The number of halogens is 4. The summed E-state index contributed by atoms with van der Waals surface area (Å²) in [6, 6.07) is 18.2. The summed E-state index contributed by atoms with van der Waals surface area (Å²) >= 11 is 19.9. The number of carbonyl (C=O) groups is 2. The largest absolute Gasteiger partial charge is 0.352 e. The molecule has 0 saturated carbocycles. The zero-order chi connectivity index (χ0) is 26.9. The van der Waals surface area contributed by atoms with Gasteiger partial charge in [-0.3, -0.25) is 9.59 Å². The Bertz CT molecular complexity index is 1210. The van der Waals surface area contributed by atoms with Gasteiger partial charge < -0.3 is 10.2 Å². The smallest absolute Gasteiger partial charge is 0.243 e. The van der Waals surface area contributed by atoms with Crippen LogP contribution in [0.5, 0.6) is 0 Å². The number of carbonyl (C=O) groups excluding carboxylic acids is 2. The van der Waals surface area contributed by atoms with E-state index >= 15 is 0 Å². The molecule has 9 heteroatoms. The second-order valence-electron chi connectivity index (χ2n) is 8.82. The zero-order valence-corrected chi connectivity index (χ0v) is 23.6. The highest BCUT2D eigenvalue weighted by molar-refractivity contribution is 7.99. The van der Waals surface area contributed by atoms with Crippen LogP contribution in [-0.4, -0.2) is 34.6 Å². The topological polar surface area (TPSA) is 49.4 Å². The van der Waals surface area contributed by atoms with Gasteiger partial charge >= 0.3 is 0 Å². The lowest BCUT2D eigenvalue weighted by molar-refractivity contribution is -0.139. The standard InChI is InChI=1S/C28H28Cl3FN2O2S/c1-18(2)33-28(36)26(13-19-7-4-3-5-8-19)34(15-20-11-12-21(29)14-24(20)31)27(35)17-37-16-22-23(30)9-6-10-25(22)32/h3-12,14,18,26H,13,15-17H2,1-2H3,(H,33,36)/t26-/m0/s1. The van der Waals surface area contributed by atoms with E-state index < -0.39 is 11.9 Å². The Labute approximate surface area is 236 Å². The van der Waals surface area contributed by atoms with Crippen molar-refractivity contribution in [2.45, 2.75) is 44.6 Å². The van der Waals surface area contributed by atoms with Gasteiger partial charge in [-0.15, -0.1) is 11.8 Å². The van der Waals surface area contributed by atoms with Crippen LogP contribution in [0.1, 0.15) is 30.5 Å². The third kappa shape index (κ3) is 8.64. The molecule has 3 rings (SSSR count). The summed E-state index contributed by atoms with van der Waals surface area (Å²) in [7, 11) is 0. The van der Waals surface area contributed by atoms with Crippen LogP contribution in [0.15, 0.2) is 66.7 Å². The van der Waals surface area contributed by atoms with Crippen LogP contribution in [-0.2, 0) is 28.3 Å². The van der Waals surface area contributed by atoms with Gasteiger partial charge in [0.2, 0.25) is 11.8 Å². The number of hydrogen-bond acceptors (Lipinski definition) is 3. The second kappa shape index (κ2) is 14.1. The van der Waals surface area contributed by atoms with Gasteiger partial charge in [0.1, 0.15) is 11.9 Å². The van der Waals surface area contributed by atoms with Crippen molar-refractivity contribution in [3.8, 4) is 0 Å². The minimum absolute atomic E-state index is 0.0239. The molecule has 0 heterocycles. The number of nitrogens with zero attached hydrogens (tertiary/aromatic N) is 1. The Hall–Kier alpha value is -2.25. The van der Waals surface area contributed by atoms with Crippen LogP contribution in [0.4, 0.5) is 4.39 Å². The van der Waals surface area contributed by atoms with Crippen molar-refractivity contribution in [2.75, 3.05) is 5.75 Å². The van der Waals surface area contributed by atoms with E-state index in [-0.39, 0.29) is 35.9 Å². The fourth-order valence-electron chi connectivity index (χ4n) is 3.76. The quantitative estimate of drug-likeness (QED) is 0.261. The van der Waals surface area contributed by atoms with Crippen molar-refractivity contribution in [1.29, 1.82) is 0 Å². The molecule has 1 atom stereocenters. The number of hydrogen-bond donors (Lipinski definition) is 1. The highest BCUT2D eigenvalue weighted by Gasteiger charge is 2.31. The first kappa shape index (κ1) is 29.3. The van der Waals surface area contributed by atoms with E-state index in [1.807, 2.05) is 44.2 Å². The molecule has 0 spiro atoms. The van der Waals surface area contributed by atoms with E-state index in [0.29, 0.717) is 32.6 Å². The maximum Gasteiger partial charge on any atom is 0.243 e. The molecule has 0 fully saturated rings. The molecule has 196 valence electrons. The Morgan fingerprint density at radius 2 is 1.70 bits per heavy atom. The minimum Gasteiger partial charge on any atom is -0.352 e. The van der Waals surface area contributed by atoms with E-state index in [1.54, 1.807) is 24.3 Å². The fraction of sp³-hybridized carbons (Fsp3) is 0.286. The first-order valence-corrected chi connectivity index (χ1v) is 14.0. The number of benzene rings is 3. The van der Waals surface area contributed by atoms with Crippen molar-refractivity contribution in [3.63, 3.8) is 0 Å². The Balaban J connectivity index is 1.90. The van der Waals surface area contributed by atoms with Crippen LogP contribution < -0.4 is 5.32 Å². The fourth-order valence-corrected chi connectivity index (χ4v) is 5.48. The van der Waals surface area contributed by atoms with Gasteiger partial charge in [-0.1, -0.05) is 77.3 Å². The van der Waals surface area contributed by atoms with Crippen LogP contribution >= 0.6 is 46.6 Å². The molecule has 4 nitrogen and oxygen atoms in total. The maximum atomic E-state index is 14.2. The number of nitrogens with one attached hydrogen (secondary N) is 1. The van der Waals surface area contributed by atoms with Crippen molar-refractivity contribution >= 4 is 58.4 Å². The van der Waals surface area contributed by atoms with E-state index in [4.69, 9.17) is 34.8 Å². The third-order valence-corrected chi connectivity index (χ3v) is 7.48. The average Bonchev–Trinajstić information content (AvgIpc) is 2.84. The van der Waals surface area contributed by atoms with Crippen LogP contribution in [0.3, 0.4) is 0 Å². The summed E-state index contributed by atoms with van der Waals surface area (Å²) in [6.45, 7) is 3.85. The predicted molar refractivity (Wildman–Crippen MR) is 152 cm³/mol. The highest BCUT2D eigenvalue weighted by atomic mass is 35.5. The summed E-state index contributed by atoms with van der Waals surface area (Å²) in [5, 5.41) is 4.13. The van der Waals surface area contributed by atoms with Gasteiger partial charge in [0.25, 0.3) is 0 Å². The van der Waals surface area contributed by atoms with E-state index in [9.17, 15) is 14.0 Å². The average molecular weight is 582 g/mol. The number of amides is 2. The molecule has 3 aromatic carbocycles. The molecule has 0 aliphatic heterocycles. The van der Waals surface area contributed by atoms with Crippen LogP contribution in [0.25, 0.3) is 0 Å². The number of rotatable bonds is 11. The summed E-state index contributed by atoms with van der Waals surface area (Å²) in [5.41, 5.74) is 1.92. The van der Waals surface area contributed by atoms with Gasteiger partial charge in [0.15, 0.2) is 0 Å². The normalized spacial score (nSPS) is 11.9. The monoisotopic (exact) mass is 580 g/mol. The highest BCUT2D eigenvalue weighted by Crippen LogP contribution is 2.27. The van der Waals surface area contributed by atoms with E-state index in [1.165, 1.54) is 28.8 Å². The molecule has 1 N–H and O–H groups in total. The van der Waals surface area contributed by atoms with Crippen molar-refractivity contribution in [1.82, 2.24) is 10.2 Å². The Morgan fingerprint density at radius 1 is 0.973 bits per heavy atom. The van der Waals surface area contributed by atoms with Gasteiger partial charge in [-0.25, -0.2) is 4.39 Å². The lowest BCUT2D eigenvalue weighted by Crippen LogP contribution is -2.52. The summed E-state index contributed by atoms with van der Waals surface area (Å²) in [4.78, 5) is 28.6. The molecule has 0 bridgehead atoms. The summed E-state index contributed by atoms with van der Waals surface area (Å²) in [5.74, 6) is -0.719. The van der Waals surface area contributed by atoms with Crippen molar-refractivity contribution in [3.05, 3.63) is 104 Å². The first-order valence-electron chi connectivity index (χ1n) is 11.7. The zero-order valence-electron chi connectivity index (χ0n) is 20.5. The molecular weight excluding hydrogens is 554 g/mol. The van der Waals surface area contributed by atoms with E-state index in [0.717, 1.165) is 5.56 Å². The molecular formula is C28H28Cl3FN2O2S. The molecule has 0 saturated heterocycles. The third-order valence-electron chi connectivity index (χ3n) is 5.59. The van der Waals surface area contributed by atoms with Gasteiger partial charge in [0.05, 0.1) is 5.75 Å². The molecule has 0 radical (unpaired) electrons. The lowest BCUT2D eigenvalue weighted by Gasteiger charge is -2.32. The SMILES string of the molecule is CC(C)NC(=O)[C@H](Cc1ccccc1)N(Cc1ccc(Cl)cc1Cl)C(=O)CSCc1c(F)cccc1Cl. The maximum absolute atomic E-state index is 14.2. The van der Waals surface area contributed by atoms with Crippen LogP contribution in [0.2, 0.25) is 15.1 Å². The summed E-state index contributed by atoms with van der Waals surface area (Å²) in [6.07, 6.45) is 0.320. The first-order chi connectivity index (χ1) is 17.7. The molecule has 3 aromatic rings. The van der Waals surface area contributed by atoms with Gasteiger partial charge in [0, 0.05) is 45.4 Å².